The predicted molar refractivity (Wildman–Crippen MR) is 115 cm³/mol. The SMILES string of the molecule is CCOC(=O)c1nc(-c2cccc(C#C[C@]3(O)CCN(C)C3=O)c2)nc2ccccc12. The number of para-hydroxylation sites is 1. The molecule has 0 radical (unpaired) electrons. The Morgan fingerprint density at radius 3 is 2.77 bits per heavy atom. The van der Waals surface area contributed by atoms with Crippen molar-refractivity contribution in [1.82, 2.24) is 14.9 Å². The van der Waals surface area contributed by atoms with Gasteiger partial charge in [-0.25, -0.2) is 14.8 Å². The lowest BCUT2D eigenvalue weighted by Crippen LogP contribution is -2.37. The Kier molecular flexibility index (Phi) is 5.40. The summed E-state index contributed by atoms with van der Waals surface area (Å²) in [4.78, 5) is 35.1. The van der Waals surface area contributed by atoms with Crippen LogP contribution in [0.5, 0.6) is 0 Å². The van der Waals surface area contributed by atoms with Crippen molar-refractivity contribution < 1.29 is 19.4 Å². The summed E-state index contributed by atoms with van der Waals surface area (Å²) < 4.78 is 5.16. The molecular weight excluding hydrogens is 394 g/mol. The second-order valence-electron chi connectivity index (χ2n) is 7.30. The van der Waals surface area contributed by atoms with Crippen LogP contribution >= 0.6 is 0 Å². The second kappa shape index (κ2) is 8.17. The van der Waals surface area contributed by atoms with E-state index >= 15 is 0 Å². The van der Waals surface area contributed by atoms with Crippen LogP contribution < -0.4 is 0 Å². The molecule has 1 saturated heterocycles. The molecule has 0 aliphatic carbocycles. The van der Waals surface area contributed by atoms with Gasteiger partial charge in [0.1, 0.15) is 0 Å². The number of ether oxygens (including phenoxy) is 1. The van der Waals surface area contributed by atoms with Crippen molar-refractivity contribution in [3.63, 3.8) is 0 Å². The quantitative estimate of drug-likeness (QED) is 0.522. The number of amides is 1. The summed E-state index contributed by atoms with van der Waals surface area (Å²) in [6.07, 6.45) is 0.270. The third-order valence-electron chi connectivity index (χ3n) is 5.12. The lowest BCUT2D eigenvalue weighted by atomic mass is 10.0. The largest absolute Gasteiger partial charge is 0.461 e. The molecule has 7 nitrogen and oxygen atoms in total. The number of nitrogens with zero attached hydrogens (tertiary/aromatic N) is 3. The Morgan fingerprint density at radius 2 is 2.03 bits per heavy atom. The molecule has 156 valence electrons. The van der Waals surface area contributed by atoms with Crippen molar-refractivity contribution in [2.45, 2.75) is 18.9 Å². The molecular formula is C24H21N3O4. The minimum absolute atomic E-state index is 0.202. The Bertz CT molecular complexity index is 1240. The van der Waals surface area contributed by atoms with E-state index in [9.17, 15) is 14.7 Å². The van der Waals surface area contributed by atoms with Crippen LogP contribution in [-0.4, -0.2) is 57.7 Å². The van der Waals surface area contributed by atoms with Gasteiger partial charge in [0.05, 0.1) is 12.1 Å². The van der Waals surface area contributed by atoms with Gasteiger partial charge in [0.2, 0.25) is 5.60 Å². The number of aromatic nitrogens is 2. The molecule has 0 saturated carbocycles. The third-order valence-corrected chi connectivity index (χ3v) is 5.12. The van der Waals surface area contributed by atoms with E-state index in [0.29, 0.717) is 34.4 Å². The molecule has 1 aliphatic rings. The van der Waals surface area contributed by atoms with E-state index in [1.54, 1.807) is 38.2 Å². The first kappa shape index (κ1) is 20.5. The van der Waals surface area contributed by atoms with Gasteiger partial charge in [-0.2, -0.15) is 0 Å². The fourth-order valence-corrected chi connectivity index (χ4v) is 3.44. The summed E-state index contributed by atoms with van der Waals surface area (Å²) in [5.41, 5.74) is 0.419. The van der Waals surface area contributed by atoms with Crippen molar-refractivity contribution >= 4 is 22.8 Å². The van der Waals surface area contributed by atoms with Gasteiger partial charge in [0.15, 0.2) is 11.5 Å². The second-order valence-corrected chi connectivity index (χ2v) is 7.30. The number of likely N-dealkylation sites (tertiary alicyclic amines) is 1. The van der Waals surface area contributed by atoms with Crippen molar-refractivity contribution in [2.24, 2.45) is 0 Å². The maximum absolute atomic E-state index is 12.5. The van der Waals surface area contributed by atoms with Gasteiger partial charge in [0.25, 0.3) is 5.91 Å². The van der Waals surface area contributed by atoms with Crippen LogP contribution in [0, 0.1) is 11.8 Å². The fourth-order valence-electron chi connectivity index (χ4n) is 3.44. The Morgan fingerprint density at radius 1 is 1.23 bits per heavy atom. The molecule has 0 spiro atoms. The predicted octanol–water partition coefficient (Wildman–Crippen LogP) is 2.42. The van der Waals surface area contributed by atoms with E-state index < -0.39 is 17.5 Å². The number of likely N-dealkylation sites (N-methyl/N-ethyl adjacent to an activating group) is 1. The smallest absolute Gasteiger partial charge is 0.357 e. The molecule has 1 atom stereocenters. The number of rotatable bonds is 3. The molecule has 1 aliphatic heterocycles. The van der Waals surface area contributed by atoms with Crippen molar-refractivity contribution in [1.29, 1.82) is 0 Å². The van der Waals surface area contributed by atoms with Gasteiger partial charge < -0.3 is 14.7 Å². The average Bonchev–Trinajstić information content (AvgIpc) is 3.05. The lowest BCUT2D eigenvalue weighted by molar-refractivity contribution is -0.137. The van der Waals surface area contributed by atoms with Crippen LogP contribution in [0.2, 0.25) is 0 Å². The molecule has 1 amide bonds. The highest BCUT2D eigenvalue weighted by Gasteiger charge is 2.42. The minimum Gasteiger partial charge on any atom is -0.461 e. The number of benzene rings is 2. The van der Waals surface area contributed by atoms with E-state index in [1.165, 1.54) is 4.90 Å². The molecule has 1 N–H and O–H groups in total. The fraction of sp³-hybridized carbons (Fsp3) is 0.250. The zero-order chi connectivity index (χ0) is 22.0. The number of hydrogen-bond acceptors (Lipinski definition) is 6. The summed E-state index contributed by atoms with van der Waals surface area (Å²) in [5.74, 6) is 5.05. The van der Waals surface area contributed by atoms with E-state index in [4.69, 9.17) is 4.74 Å². The normalized spacial score (nSPS) is 18.0. The number of carbonyl (C=O) groups excluding carboxylic acids is 2. The molecule has 4 rings (SSSR count). The molecule has 2 aromatic carbocycles. The highest BCUT2D eigenvalue weighted by Crippen LogP contribution is 2.24. The summed E-state index contributed by atoms with van der Waals surface area (Å²) in [5, 5.41) is 11.1. The van der Waals surface area contributed by atoms with Gasteiger partial charge in [-0.1, -0.05) is 42.2 Å². The molecule has 1 aromatic heterocycles. The summed E-state index contributed by atoms with van der Waals surface area (Å²) in [6, 6.07) is 14.4. The zero-order valence-corrected chi connectivity index (χ0v) is 17.3. The molecule has 2 heterocycles. The van der Waals surface area contributed by atoms with Crippen LogP contribution in [0.3, 0.4) is 0 Å². The molecule has 31 heavy (non-hydrogen) atoms. The van der Waals surface area contributed by atoms with Crippen LogP contribution in [0.15, 0.2) is 48.5 Å². The molecule has 1 fully saturated rings. The number of fused-ring (bicyclic) bond motifs is 1. The zero-order valence-electron chi connectivity index (χ0n) is 17.3. The van der Waals surface area contributed by atoms with Gasteiger partial charge in [-0.15, -0.1) is 0 Å². The van der Waals surface area contributed by atoms with Crippen LogP contribution in [0.1, 0.15) is 29.4 Å². The Balaban J connectivity index is 1.74. The molecule has 7 heteroatoms. The molecule has 0 unspecified atom stereocenters. The van der Waals surface area contributed by atoms with Crippen LogP contribution in [0.25, 0.3) is 22.3 Å². The highest BCUT2D eigenvalue weighted by molar-refractivity contribution is 6.02. The van der Waals surface area contributed by atoms with Gasteiger partial charge in [0, 0.05) is 36.5 Å². The maximum Gasteiger partial charge on any atom is 0.357 e. The maximum atomic E-state index is 12.5. The summed E-state index contributed by atoms with van der Waals surface area (Å²) in [6.45, 7) is 2.45. The van der Waals surface area contributed by atoms with Crippen molar-refractivity contribution in [2.75, 3.05) is 20.2 Å². The summed E-state index contributed by atoms with van der Waals surface area (Å²) >= 11 is 0. The number of esters is 1. The van der Waals surface area contributed by atoms with Crippen molar-refractivity contribution in [3.05, 3.63) is 59.8 Å². The molecule has 3 aromatic rings. The topological polar surface area (TPSA) is 92.6 Å². The molecule has 0 bridgehead atoms. The van der Waals surface area contributed by atoms with Gasteiger partial charge in [-0.05, 0) is 25.1 Å². The van der Waals surface area contributed by atoms with Gasteiger partial charge >= 0.3 is 5.97 Å². The summed E-state index contributed by atoms with van der Waals surface area (Å²) in [7, 11) is 1.64. The van der Waals surface area contributed by atoms with E-state index in [1.807, 2.05) is 24.3 Å². The average molecular weight is 415 g/mol. The first-order valence-electron chi connectivity index (χ1n) is 9.97. The van der Waals surface area contributed by atoms with E-state index in [-0.39, 0.29) is 18.7 Å². The lowest BCUT2D eigenvalue weighted by Gasteiger charge is -2.13. The van der Waals surface area contributed by atoms with E-state index in [2.05, 4.69) is 21.8 Å². The number of hydrogen-bond donors (Lipinski definition) is 1. The third kappa shape index (κ3) is 3.98. The first-order valence-corrected chi connectivity index (χ1v) is 9.97. The highest BCUT2D eigenvalue weighted by atomic mass is 16.5. The number of aliphatic hydroxyl groups is 1. The van der Waals surface area contributed by atoms with Crippen molar-refractivity contribution in [3.8, 4) is 23.2 Å². The standard InChI is InChI=1S/C24H21N3O4/c1-3-31-22(28)20-18-9-4-5-10-19(18)25-21(26-20)17-8-6-7-16(15-17)11-12-24(30)13-14-27(2)23(24)29/h4-10,15,30H,3,13-14H2,1-2H3/t24-/m0/s1. The minimum atomic E-state index is -1.67. The van der Waals surface area contributed by atoms with Crippen LogP contribution in [0.4, 0.5) is 0 Å². The number of carbonyl (C=O) groups is 2. The monoisotopic (exact) mass is 415 g/mol. The van der Waals surface area contributed by atoms with E-state index in [0.717, 1.165) is 0 Å². The van der Waals surface area contributed by atoms with Gasteiger partial charge in [-0.3, -0.25) is 4.79 Å². The Hall–Kier alpha value is -3.76. The van der Waals surface area contributed by atoms with Crippen LogP contribution in [-0.2, 0) is 9.53 Å². The Labute approximate surface area is 179 Å². The first-order chi connectivity index (χ1) is 14.9.